The van der Waals surface area contributed by atoms with Crippen molar-refractivity contribution in [2.24, 2.45) is 23.7 Å². The van der Waals surface area contributed by atoms with Crippen molar-refractivity contribution in [3.63, 3.8) is 0 Å². The maximum absolute atomic E-state index is 11.0. The number of hydrogen-bond donors (Lipinski definition) is 2. The Morgan fingerprint density at radius 2 is 1.29 bits per heavy atom. The minimum absolute atomic E-state index is 0.0846. The lowest BCUT2D eigenvalue weighted by molar-refractivity contribution is -0.160. The lowest BCUT2D eigenvalue weighted by Gasteiger charge is -2.40. The van der Waals surface area contributed by atoms with Gasteiger partial charge >= 0.3 is 11.9 Å². The first-order chi connectivity index (χ1) is 6.61. The van der Waals surface area contributed by atoms with Crippen LogP contribution < -0.4 is 0 Å². The number of carbonyl (C=O) groups is 2. The maximum Gasteiger partial charge on any atom is 0.307 e. The summed E-state index contributed by atoms with van der Waals surface area (Å²) in [6.45, 7) is 0. The zero-order valence-corrected chi connectivity index (χ0v) is 7.59. The van der Waals surface area contributed by atoms with Crippen LogP contribution in [0.1, 0.15) is 12.8 Å². The molecule has 76 valence electrons. The van der Waals surface area contributed by atoms with Gasteiger partial charge in [-0.2, -0.15) is 0 Å². The van der Waals surface area contributed by atoms with Crippen LogP contribution in [0.25, 0.3) is 0 Å². The van der Waals surface area contributed by atoms with Gasteiger partial charge in [0.05, 0.1) is 11.8 Å². The van der Waals surface area contributed by atoms with Crippen molar-refractivity contribution >= 4 is 11.9 Å². The summed E-state index contributed by atoms with van der Waals surface area (Å²) in [6.07, 6.45) is 5.35. The van der Waals surface area contributed by atoms with Crippen molar-refractivity contribution in [2.45, 2.75) is 12.8 Å². The Bertz CT molecular complexity index is 277. The summed E-state index contributed by atoms with van der Waals surface area (Å²) in [5.41, 5.74) is 0. The van der Waals surface area contributed by atoms with E-state index in [4.69, 9.17) is 10.2 Å². The van der Waals surface area contributed by atoms with Crippen LogP contribution in [0.5, 0.6) is 0 Å². The van der Waals surface area contributed by atoms with Crippen LogP contribution in [0.4, 0.5) is 0 Å². The Kier molecular flexibility index (Phi) is 2.06. The van der Waals surface area contributed by atoms with Crippen LogP contribution >= 0.6 is 0 Å². The third kappa shape index (κ3) is 1.22. The van der Waals surface area contributed by atoms with E-state index in [2.05, 4.69) is 0 Å². The second kappa shape index (κ2) is 3.12. The third-order valence-electron chi connectivity index (χ3n) is 3.32. The molecular weight excluding hydrogens is 184 g/mol. The van der Waals surface area contributed by atoms with Crippen LogP contribution in [-0.2, 0) is 9.59 Å². The smallest absolute Gasteiger partial charge is 0.307 e. The Balaban J connectivity index is 2.33. The number of carboxylic acid groups (broad SMARTS) is 2. The molecule has 0 saturated heterocycles. The molecule has 3 rings (SSSR count). The molecule has 4 atom stereocenters. The minimum atomic E-state index is -0.976. The quantitative estimate of drug-likeness (QED) is 0.646. The highest BCUT2D eigenvalue weighted by atomic mass is 16.4. The molecule has 14 heavy (non-hydrogen) atoms. The van der Waals surface area contributed by atoms with E-state index in [0.29, 0.717) is 0 Å². The van der Waals surface area contributed by atoms with Gasteiger partial charge < -0.3 is 10.2 Å². The first kappa shape index (κ1) is 9.24. The molecule has 1 saturated carbocycles. The van der Waals surface area contributed by atoms with Gasteiger partial charge in [-0.1, -0.05) is 12.2 Å². The summed E-state index contributed by atoms with van der Waals surface area (Å²) in [4.78, 5) is 21.9. The van der Waals surface area contributed by atoms with E-state index in [1.807, 2.05) is 12.2 Å². The largest absolute Gasteiger partial charge is 0.481 e. The molecule has 2 bridgehead atoms. The highest BCUT2D eigenvalue weighted by Crippen LogP contribution is 2.44. The number of carboxylic acids is 2. The number of rotatable bonds is 2. The second-order valence-corrected chi connectivity index (χ2v) is 4.02. The molecule has 4 heteroatoms. The Hall–Kier alpha value is -1.32. The number of fused-ring (bicyclic) bond motifs is 2. The molecule has 0 spiro atoms. The fourth-order valence-corrected chi connectivity index (χ4v) is 2.67. The summed E-state index contributed by atoms with van der Waals surface area (Å²) in [7, 11) is 0. The predicted molar refractivity (Wildman–Crippen MR) is 47.6 cm³/mol. The van der Waals surface area contributed by atoms with E-state index >= 15 is 0 Å². The van der Waals surface area contributed by atoms with E-state index in [-0.39, 0.29) is 11.8 Å². The SMILES string of the molecule is O=C(O)C1C2C=C[C@@H](CC2)[C@@H]1C(=O)O. The van der Waals surface area contributed by atoms with Gasteiger partial charge in [0.1, 0.15) is 0 Å². The van der Waals surface area contributed by atoms with Crippen molar-refractivity contribution in [1.82, 2.24) is 0 Å². The van der Waals surface area contributed by atoms with Gasteiger partial charge in [0.2, 0.25) is 0 Å². The fourth-order valence-electron chi connectivity index (χ4n) is 2.67. The first-order valence-electron chi connectivity index (χ1n) is 4.75. The zero-order chi connectivity index (χ0) is 10.3. The topological polar surface area (TPSA) is 74.6 Å². The number of allylic oxidation sites excluding steroid dienone is 2. The molecule has 0 aromatic heterocycles. The second-order valence-electron chi connectivity index (χ2n) is 4.02. The first-order valence-corrected chi connectivity index (χ1v) is 4.75. The Morgan fingerprint density at radius 3 is 1.50 bits per heavy atom. The summed E-state index contributed by atoms with van der Waals surface area (Å²) >= 11 is 0. The normalized spacial score (nSPS) is 39.7. The average molecular weight is 196 g/mol. The lowest BCUT2D eigenvalue weighted by atomic mass is 9.62. The number of aliphatic carboxylic acids is 2. The molecule has 0 aliphatic heterocycles. The van der Waals surface area contributed by atoms with Gasteiger partial charge in [-0.15, -0.1) is 0 Å². The summed E-state index contributed by atoms with van der Waals surface area (Å²) in [6, 6.07) is 0. The van der Waals surface area contributed by atoms with Gasteiger partial charge in [0.15, 0.2) is 0 Å². The minimum Gasteiger partial charge on any atom is -0.481 e. The average Bonchev–Trinajstić information content (AvgIpc) is 2.17. The van der Waals surface area contributed by atoms with E-state index in [1.54, 1.807) is 0 Å². The molecule has 0 aromatic rings. The van der Waals surface area contributed by atoms with Crippen molar-refractivity contribution in [2.75, 3.05) is 0 Å². The van der Waals surface area contributed by atoms with Gasteiger partial charge in [-0.25, -0.2) is 0 Å². The molecule has 0 heterocycles. The molecule has 1 fully saturated rings. The zero-order valence-electron chi connectivity index (χ0n) is 7.59. The molecule has 2 N–H and O–H groups in total. The van der Waals surface area contributed by atoms with Crippen molar-refractivity contribution < 1.29 is 19.8 Å². The highest BCUT2D eigenvalue weighted by Gasteiger charge is 2.48. The predicted octanol–water partition coefficient (Wildman–Crippen LogP) is 0.984. The summed E-state index contributed by atoms with van der Waals surface area (Å²) in [5.74, 6) is -3.57. The standard InChI is InChI=1S/C10H12O4/c11-9(12)7-5-1-2-6(4-3-5)8(7)10(13)14/h1-2,5-8H,3-4H2,(H,11,12)(H,13,14)/t5-,6?,7-,8?/m0/s1. The lowest BCUT2D eigenvalue weighted by Crippen LogP contribution is -2.45. The van der Waals surface area contributed by atoms with Crippen molar-refractivity contribution in [1.29, 1.82) is 0 Å². The highest BCUT2D eigenvalue weighted by molar-refractivity contribution is 5.81. The fraction of sp³-hybridized carbons (Fsp3) is 0.600. The van der Waals surface area contributed by atoms with Crippen LogP contribution in [-0.4, -0.2) is 22.2 Å². The molecule has 4 nitrogen and oxygen atoms in total. The maximum atomic E-state index is 11.0. The Morgan fingerprint density at radius 1 is 0.929 bits per heavy atom. The van der Waals surface area contributed by atoms with E-state index in [0.717, 1.165) is 12.8 Å². The molecular formula is C10H12O4. The monoisotopic (exact) mass is 196 g/mol. The van der Waals surface area contributed by atoms with E-state index in [9.17, 15) is 9.59 Å². The third-order valence-corrected chi connectivity index (χ3v) is 3.32. The molecule has 2 unspecified atom stereocenters. The van der Waals surface area contributed by atoms with Crippen LogP contribution in [0.15, 0.2) is 12.2 Å². The van der Waals surface area contributed by atoms with Crippen molar-refractivity contribution in [3.05, 3.63) is 12.2 Å². The Labute approximate surface area is 81.2 Å². The van der Waals surface area contributed by atoms with Crippen molar-refractivity contribution in [3.8, 4) is 0 Å². The molecule has 0 radical (unpaired) electrons. The molecule has 0 amide bonds. The van der Waals surface area contributed by atoms with Gasteiger partial charge in [0.25, 0.3) is 0 Å². The summed E-state index contributed by atoms with van der Waals surface area (Å²) in [5, 5.41) is 18.0. The van der Waals surface area contributed by atoms with E-state index in [1.165, 1.54) is 0 Å². The van der Waals surface area contributed by atoms with Gasteiger partial charge in [0, 0.05) is 0 Å². The summed E-state index contributed by atoms with van der Waals surface area (Å²) < 4.78 is 0. The van der Waals surface area contributed by atoms with E-state index < -0.39 is 23.8 Å². The van der Waals surface area contributed by atoms with Gasteiger partial charge in [-0.05, 0) is 24.7 Å². The molecule has 3 aliphatic rings. The van der Waals surface area contributed by atoms with Crippen LogP contribution in [0.2, 0.25) is 0 Å². The molecule has 0 aromatic carbocycles. The van der Waals surface area contributed by atoms with Gasteiger partial charge in [-0.3, -0.25) is 9.59 Å². The molecule has 3 aliphatic carbocycles. The number of hydrogen-bond acceptors (Lipinski definition) is 2. The van der Waals surface area contributed by atoms with Crippen LogP contribution in [0, 0.1) is 23.7 Å². The van der Waals surface area contributed by atoms with Crippen LogP contribution in [0.3, 0.4) is 0 Å².